The van der Waals surface area contributed by atoms with Gasteiger partial charge in [0.15, 0.2) is 16.3 Å². The van der Waals surface area contributed by atoms with E-state index >= 15 is 0 Å². The summed E-state index contributed by atoms with van der Waals surface area (Å²) in [5.74, 6) is 1.83. The molecule has 0 spiro atoms. The van der Waals surface area contributed by atoms with Crippen molar-refractivity contribution in [3.8, 4) is 23.0 Å². The molecule has 0 N–H and O–H groups in total. The highest BCUT2D eigenvalue weighted by Gasteiger charge is 2.35. The van der Waals surface area contributed by atoms with E-state index in [1.54, 1.807) is 45.2 Å². The first-order valence-corrected chi connectivity index (χ1v) is 12.6. The van der Waals surface area contributed by atoms with Gasteiger partial charge < -0.3 is 23.7 Å². The summed E-state index contributed by atoms with van der Waals surface area (Å²) in [6.45, 7) is 4.63. The zero-order valence-corrected chi connectivity index (χ0v) is 21.7. The summed E-state index contributed by atoms with van der Waals surface area (Å²) in [5, 5.41) is 0. The van der Waals surface area contributed by atoms with E-state index in [2.05, 4.69) is 4.99 Å². The lowest BCUT2D eigenvalue weighted by Gasteiger charge is -2.26. The Morgan fingerprint density at radius 1 is 1.14 bits per heavy atom. The van der Waals surface area contributed by atoms with E-state index in [0.717, 1.165) is 5.56 Å². The molecule has 3 aromatic rings. The van der Waals surface area contributed by atoms with Gasteiger partial charge >= 0.3 is 5.97 Å². The van der Waals surface area contributed by atoms with E-state index < -0.39 is 12.0 Å². The van der Waals surface area contributed by atoms with E-state index in [9.17, 15) is 9.59 Å². The van der Waals surface area contributed by atoms with Gasteiger partial charge in [0.25, 0.3) is 5.56 Å². The second-order valence-electron chi connectivity index (χ2n) is 8.31. The maximum absolute atomic E-state index is 13.9. The highest BCUT2D eigenvalue weighted by molar-refractivity contribution is 7.07. The smallest absolute Gasteiger partial charge is 0.338 e. The van der Waals surface area contributed by atoms with Crippen molar-refractivity contribution >= 4 is 23.4 Å². The number of thiazole rings is 1. The van der Waals surface area contributed by atoms with Gasteiger partial charge in [-0.1, -0.05) is 17.4 Å². The minimum atomic E-state index is -0.817. The molecule has 2 aliphatic rings. The number of ether oxygens (including phenoxy) is 5. The predicted octanol–water partition coefficient (Wildman–Crippen LogP) is 2.59. The third-order valence-electron chi connectivity index (χ3n) is 6.11. The fraction of sp³-hybridized carbons (Fsp3) is 0.296. The standard InChI is InChI=1S/C27H26N2O7S/c1-5-34-26(31)23-15(2)28-27-29(24(23)18-14-17(32-3)7-9-19(18)33-4)25(30)22(37-27)13-16-6-8-20-21(12-16)36-11-10-35-20/h6-9,12-14,24H,5,10-11H2,1-4H3/b22-13-/t24-/m1/s1. The first-order chi connectivity index (χ1) is 17.9. The van der Waals surface area contributed by atoms with Crippen molar-refractivity contribution in [2.45, 2.75) is 19.9 Å². The van der Waals surface area contributed by atoms with Crippen molar-refractivity contribution in [2.24, 2.45) is 4.99 Å². The first kappa shape index (κ1) is 24.6. The molecule has 0 aliphatic carbocycles. The molecule has 1 aromatic heterocycles. The second kappa shape index (κ2) is 10.1. The third-order valence-corrected chi connectivity index (χ3v) is 7.10. The van der Waals surface area contributed by atoms with E-state index in [1.165, 1.54) is 23.0 Å². The minimum absolute atomic E-state index is 0.187. The van der Waals surface area contributed by atoms with Gasteiger partial charge in [0.1, 0.15) is 30.8 Å². The summed E-state index contributed by atoms with van der Waals surface area (Å²) in [4.78, 5) is 32.1. The second-order valence-corrected chi connectivity index (χ2v) is 9.32. The number of allylic oxidation sites excluding steroid dienone is 1. The van der Waals surface area contributed by atoms with Gasteiger partial charge in [-0.05, 0) is 55.8 Å². The van der Waals surface area contributed by atoms with Crippen LogP contribution >= 0.6 is 11.3 Å². The van der Waals surface area contributed by atoms with Crippen molar-refractivity contribution in [2.75, 3.05) is 34.0 Å². The summed E-state index contributed by atoms with van der Waals surface area (Å²) in [7, 11) is 3.09. The highest BCUT2D eigenvalue weighted by Crippen LogP contribution is 2.38. The molecule has 10 heteroatoms. The number of nitrogens with zero attached hydrogens (tertiary/aromatic N) is 2. The van der Waals surface area contributed by atoms with Crippen LogP contribution in [0.25, 0.3) is 6.08 Å². The molecule has 0 saturated carbocycles. The molecule has 37 heavy (non-hydrogen) atoms. The van der Waals surface area contributed by atoms with Gasteiger partial charge in [0.05, 0.1) is 36.6 Å². The molecule has 0 bridgehead atoms. The average molecular weight is 523 g/mol. The maximum atomic E-state index is 13.9. The number of carbonyl (C=O) groups is 1. The van der Waals surface area contributed by atoms with Crippen LogP contribution in [0.15, 0.2) is 57.5 Å². The van der Waals surface area contributed by atoms with Crippen molar-refractivity contribution in [3.63, 3.8) is 0 Å². The summed E-state index contributed by atoms with van der Waals surface area (Å²) in [5.41, 5.74) is 1.83. The van der Waals surface area contributed by atoms with Crippen molar-refractivity contribution < 1.29 is 28.5 Å². The molecule has 0 amide bonds. The number of carbonyl (C=O) groups excluding carboxylic acids is 1. The Hall–Kier alpha value is -4.05. The number of aromatic nitrogens is 1. The minimum Gasteiger partial charge on any atom is -0.497 e. The summed E-state index contributed by atoms with van der Waals surface area (Å²) in [6.07, 6.45) is 1.78. The van der Waals surface area contributed by atoms with E-state index in [-0.39, 0.29) is 17.7 Å². The molecule has 3 heterocycles. The van der Waals surface area contributed by atoms with Crippen LogP contribution in [-0.2, 0) is 9.53 Å². The van der Waals surface area contributed by atoms with Crippen molar-refractivity contribution in [1.29, 1.82) is 0 Å². The van der Waals surface area contributed by atoms with Gasteiger partial charge in [0.2, 0.25) is 0 Å². The summed E-state index contributed by atoms with van der Waals surface area (Å²) in [6, 6.07) is 9.98. The van der Waals surface area contributed by atoms with Crippen LogP contribution < -0.4 is 33.8 Å². The van der Waals surface area contributed by atoms with Crippen LogP contribution in [0.2, 0.25) is 0 Å². The lowest BCUT2D eigenvalue weighted by atomic mass is 9.94. The molecule has 5 rings (SSSR count). The van der Waals surface area contributed by atoms with Gasteiger partial charge in [0, 0.05) is 5.56 Å². The molecule has 9 nitrogen and oxygen atoms in total. The topological polar surface area (TPSA) is 97.6 Å². The Bertz CT molecular complexity index is 1580. The molecule has 0 fully saturated rings. The third kappa shape index (κ3) is 4.48. The molecular weight excluding hydrogens is 496 g/mol. The van der Waals surface area contributed by atoms with Crippen LogP contribution in [0.5, 0.6) is 23.0 Å². The lowest BCUT2D eigenvalue weighted by Crippen LogP contribution is -2.40. The average Bonchev–Trinajstić information content (AvgIpc) is 3.21. The van der Waals surface area contributed by atoms with Crippen LogP contribution in [-0.4, -0.2) is 44.6 Å². The molecule has 0 radical (unpaired) electrons. The number of hydrogen-bond donors (Lipinski definition) is 0. The SMILES string of the molecule is CCOC(=O)C1=C(C)N=c2s/c(=C\c3ccc4c(c3)OCCO4)c(=O)n2[C@@H]1c1cc(OC)ccc1OC. The Morgan fingerprint density at radius 2 is 1.92 bits per heavy atom. The van der Waals surface area contributed by atoms with Crippen LogP contribution in [0.1, 0.15) is 31.0 Å². The Balaban J connectivity index is 1.72. The zero-order valence-electron chi connectivity index (χ0n) is 20.9. The van der Waals surface area contributed by atoms with Gasteiger partial charge in [-0.2, -0.15) is 0 Å². The lowest BCUT2D eigenvalue weighted by molar-refractivity contribution is -0.139. The Morgan fingerprint density at radius 3 is 2.65 bits per heavy atom. The first-order valence-electron chi connectivity index (χ1n) is 11.8. The Labute approximate surface area is 216 Å². The number of hydrogen-bond acceptors (Lipinski definition) is 9. The molecule has 1 atom stereocenters. The molecule has 2 aromatic carbocycles. The number of esters is 1. The largest absolute Gasteiger partial charge is 0.497 e. The quantitative estimate of drug-likeness (QED) is 0.459. The molecule has 0 unspecified atom stereocenters. The predicted molar refractivity (Wildman–Crippen MR) is 137 cm³/mol. The number of methoxy groups -OCH3 is 2. The number of benzene rings is 2. The van der Waals surface area contributed by atoms with Crippen LogP contribution in [0, 0.1) is 0 Å². The molecule has 2 aliphatic heterocycles. The molecule has 0 saturated heterocycles. The van der Waals surface area contributed by atoms with Crippen molar-refractivity contribution in [3.05, 3.63) is 78.5 Å². The van der Waals surface area contributed by atoms with E-state index in [1.807, 2.05) is 18.2 Å². The summed E-state index contributed by atoms with van der Waals surface area (Å²) < 4.78 is 29.7. The van der Waals surface area contributed by atoms with Gasteiger partial charge in [-0.25, -0.2) is 9.79 Å². The van der Waals surface area contributed by atoms with E-state index in [0.29, 0.717) is 56.8 Å². The zero-order chi connectivity index (χ0) is 26.1. The number of rotatable bonds is 6. The normalized spacial score (nSPS) is 16.6. The number of fused-ring (bicyclic) bond motifs is 2. The highest BCUT2D eigenvalue weighted by atomic mass is 32.1. The molecular formula is C27H26N2O7S. The van der Waals surface area contributed by atoms with Crippen LogP contribution in [0.3, 0.4) is 0 Å². The van der Waals surface area contributed by atoms with Crippen molar-refractivity contribution in [1.82, 2.24) is 4.57 Å². The monoisotopic (exact) mass is 522 g/mol. The summed E-state index contributed by atoms with van der Waals surface area (Å²) >= 11 is 1.24. The van der Waals surface area contributed by atoms with Crippen LogP contribution in [0.4, 0.5) is 0 Å². The molecule has 192 valence electrons. The fourth-order valence-corrected chi connectivity index (χ4v) is 5.49. The van der Waals surface area contributed by atoms with Gasteiger partial charge in [-0.3, -0.25) is 9.36 Å². The fourth-order valence-electron chi connectivity index (χ4n) is 4.44. The van der Waals surface area contributed by atoms with Gasteiger partial charge in [-0.15, -0.1) is 0 Å². The van der Waals surface area contributed by atoms with E-state index in [4.69, 9.17) is 23.7 Å². The maximum Gasteiger partial charge on any atom is 0.338 e. The Kier molecular flexibility index (Phi) is 6.75.